The van der Waals surface area contributed by atoms with Gasteiger partial charge in [-0.15, -0.1) is 11.8 Å². The van der Waals surface area contributed by atoms with E-state index in [1.807, 2.05) is 6.92 Å². The molecular weight excluding hydrogens is 303 g/mol. The molecule has 0 aliphatic carbocycles. The van der Waals surface area contributed by atoms with Gasteiger partial charge in [0, 0.05) is 23.9 Å². The highest BCUT2D eigenvalue weighted by molar-refractivity contribution is 8.00. The maximum atomic E-state index is 13.6. The van der Waals surface area contributed by atoms with Gasteiger partial charge in [0.1, 0.15) is 5.82 Å². The molecule has 0 radical (unpaired) electrons. The summed E-state index contributed by atoms with van der Waals surface area (Å²) in [5.74, 6) is -0.270. The number of halogens is 1. The molecule has 0 saturated carbocycles. The van der Waals surface area contributed by atoms with Crippen LogP contribution < -0.4 is 5.32 Å². The maximum absolute atomic E-state index is 13.6. The molecule has 2 amide bonds. The minimum atomic E-state index is -0.257. The third kappa shape index (κ3) is 4.73. The Morgan fingerprint density at radius 1 is 1.32 bits per heavy atom. The van der Waals surface area contributed by atoms with Gasteiger partial charge < -0.3 is 10.2 Å². The minimum Gasteiger partial charge on any atom is -0.346 e. The van der Waals surface area contributed by atoms with Crippen molar-refractivity contribution in [3.8, 4) is 0 Å². The second-order valence-electron chi connectivity index (χ2n) is 5.34. The summed E-state index contributed by atoms with van der Waals surface area (Å²) in [6, 6.07) is 6.57. The number of thioether (sulfide) groups is 1. The summed E-state index contributed by atoms with van der Waals surface area (Å²) in [6.07, 6.45) is 2.07. The molecular formula is C16H21FN2O2S. The highest BCUT2D eigenvalue weighted by Gasteiger charge is 2.18. The van der Waals surface area contributed by atoms with Gasteiger partial charge in [0.15, 0.2) is 0 Å². The average molecular weight is 324 g/mol. The van der Waals surface area contributed by atoms with Crippen LogP contribution in [-0.2, 0) is 9.59 Å². The van der Waals surface area contributed by atoms with Gasteiger partial charge in [0.05, 0.1) is 12.3 Å². The van der Waals surface area contributed by atoms with Crippen molar-refractivity contribution < 1.29 is 14.0 Å². The van der Waals surface area contributed by atoms with E-state index >= 15 is 0 Å². The zero-order chi connectivity index (χ0) is 15.9. The van der Waals surface area contributed by atoms with Gasteiger partial charge in [-0.2, -0.15) is 0 Å². The van der Waals surface area contributed by atoms with Gasteiger partial charge in [-0.25, -0.2) is 4.39 Å². The first-order valence-corrected chi connectivity index (χ1v) is 8.53. The normalized spacial score (nSPS) is 15.6. The molecule has 0 spiro atoms. The number of carbonyl (C=O) groups excluding carboxylic acids is 2. The van der Waals surface area contributed by atoms with E-state index in [2.05, 4.69) is 5.32 Å². The van der Waals surface area contributed by atoms with Crippen molar-refractivity contribution in [2.45, 2.75) is 25.0 Å². The SMILES string of the molecule is C[C@@H](SCC(=O)NCC(=O)N1CCCC1)c1ccccc1F. The number of rotatable bonds is 6. The monoisotopic (exact) mass is 324 g/mol. The molecule has 0 unspecified atom stereocenters. The zero-order valence-corrected chi connectivity index (χ0v) is 13.5. The number of amides is 2. The molecule has 22 heavy (non-hydrogen) atoms. The number of likely N-dealkylation sites (tertiary alicyclic amines) is 1. The summed E-state index contributed by atoms with van der Waals surface area (Å²) >= 11 is 1.36. The molecule has 4 nitrogen and oxygen atoms in total. The van der Waals surface area contributed by atoms with Crippen LogP contribution >= 0.6 is 11.8 Å². The number of benzene rings is 1. The van der Waals surface area contributed by atoms with Crippen LogP contribution in [0.3, 0.4) is 0 Å². The smallest absolute Gasteiger partial charge is 0.241 e. The van der Waals surface area contributed by atoms with E-state index in [0.29, 0.717) is 5.56 Å². The van der Waals surface area contributed by atoms with Crippen molar-refractivity contribution in [2.24, 2.45) is 0 Å². The summed E-state index contributed by atoms with van der Waals surface area (Å²) in [5.41, 5.74) is 0.591. The maximum Gasteiger partial charge on any atom is 0.241 e. The fourth-order valence-corrected chi connectivity index (χ4v) is 3.27. The minimum absolute atomic E-state index is 0.0296. The van der Waals surface area contributed by atoms with Crippen LogP contribution in [0.4, 0.5) is 4.39 Å². The quantitative estimate of drug-likeness (QED) is 0.874. The number of carbonyl (C=O) groups is 2. The van der Waals surface area contributed by atoms with Crippen molar-refractivity contribution in [1.82, 2.24) is 10.2 Å². The van der Waals surface area contributed by atoms with Crippen LogP contribution in [0, 0.1) is 5.82 Å². The Morgan fingerprint density at radius 3 is 2.68 bits per heavy atom. The third-order valence-electron chi connectivity index (χ3n) is 3.70. The molecule has 1 aliphatic rings. The van der Waals surface area contributed by atoms with Gasteiger partial charge in [0.25, 0.3) is 0 Å². The number of hydrogen-bond acceptors (Lipinski definition) is 3. The molecule has 1 N–H and O–H groups in total. The van der Waals surface area contributed by atoms with Crippen LogP contribution in [-0.4, -0.2) is 42.1 Å². The van der Waals surface area contributed by atoms with Gasteiger partial charge in [-0.3, -0.25) is 9.59 Å². The van der Waals surface area contributed by atoms with Crippen LogP contribution in [0.25, 0.3) is 0 Å². The lowest BCUT2D eigenvalue weighted by molar-refractivity contribution is -0.131. The van der Waals surface area contributed by atoms with Gasteiger partial charge >= 0.3 is 0 Å². The van der Waals surface area contributed by atoms with Gasteiger partial charge in [-0.1, -0.05) is 18.2 Å². The lowest BCUT2D eigenvalue weighted by Gasteiger charge is -2.16. The number of nitrogens with one attached hydrogen (secondary N) is 1. The average Bonchev–Trinajstić information content (AvgIpc) is 3.05. The van der Waals surface area contributed by atoms with Crippen molar-refractivity contribution in [2.75, 3.05) is 25.4 Å². The summed E-state index contributed by atoms with van der Waals surface area (Å²) < 4.78 is 13.6. The van der Waals surface area contributed by atoms with Crippen molar-refractivity contribution >= 4 is 23.6 Å². The Kier molecular flexibility index (Phi) is 6.24. The first kappa shape index (κ1) is 16.8. The number of hydrogen-bond donors (Lipinski definition) is 1. The Hall–Kier alpha value is -1.56. The highest BCUT2D eigenvalue weighted by Crippen LogP contribution is 2.29. The lowest BCUT2D eigenvalue weighted by atomic mass is 10.1. The molecule has 2 rings (SSSR count). The van der Waals surface area contributed by atoms with Crippen molar-refractivity contribution in [1.29, 1.82) is 0 Å². The summed E-state index contributed by atoms with van der Waals surface area (Å²) in [5, 5.41) is 2.53. The van der Waals surface area contributed by atoms with E-state index in [1.165, 1.54) is 17.8 Å². The predicted molar refractivity (Wildman–Crippen MR) is 86.1 cm³/mol. The first-order valence-electron chi connectivity index (χ1n) is 7.48. The summed E-state index contributed by atoms with van der Waals surface area (Å²) in [7, 11) is 0. The zero-order valence-electron chi connectivity index (χ0n) is 12.7. The van der Waals surface area contributed by atoms with E-state index in [9.17, 15) is 14.0 Å². The van der Waals surface area contributed by atoms with E-state index < -0.39 is 0 Å². The molecule has 0 aromatic heterocycles. The largest absolute Gasteiger partial charge is 0.346 e. The van der Waals surface area contributed by atoms with E-state index in [-0.39, 0.29) is 35.2 Å². The fraction of sp³-hybridized carbons (Fsp3) is 0.500. The Labute approximate surface area is 134 Å². The summed E-state index contributed by atoms with van der Waals surface area (Å²) in [4.78, 5) is 25.4. The standard InChI is InChI=1S/C16H21FN2O2S/c1-12(13-6-2-3-7-14(13)17)22-11-15(20)18-10-16(21)19-8-4-5-9-19/h2-3,6-7,12H,4-5,8-11H2,1H3,(H,18,20)/t12-/m1/s1. The predicted octanol–water partition coefficient (Wildman–Crippen LogP) is 2.36. The molecule has 1 aromatic rings. The molecule has 1 heterocycles. The van der Waals surface area contributed by atoms with Crippen LogP contribution in [0.15, 0.2) is 24.3 Å². The molecule has 0 bridgehead atoms. The van der Waals surface area contributed by atoms with Gasteiger partial charge in [0.2, 0.25) is 11.8 Å². The highest BCUT2D eigenvalue weighted by atomic mass is 32.2. The molecule has 1 saturated heterocycles. The van der Waals surface area contributed by atoms with E-state index in [4.69, 9.17) is 0 Å². The Morgan fingerprint density at radius 2 is 2.00 bits per heavy atom. The van der Waals surface area contributed by atoms with Crippen LogP contribution in [0.1, 0.15) is 30.6 Å². The molecule has 6 heteroatoms. The topological polar surface area (TPSA) is 49.4 Å². The second kappa shape index (κ2) is 8.17. The molecule has 1 atom stereocenters. The molecule has 1 aliphatic heterocycles. The second-order valence-corrected chi connectivity index (χ2v) is 6.67. The Bertz CT molecular complexity index is 533. The van der Waals surface area contributed by atoms with E-state index in [1.54, 1.807) is 23.1 Å². The number of nitrogens with zero attached hydrogens (tertiary/aromatic N) is 1. The molecule has 120 valence electrons. The summed E-state index contributed by atoms with van der Waals surface area (Å²) in [6.45, 7) is 3.49. The third-order valence-corrected chi connectivity index (χ3v) is 4.89. The first-order chi connectivity index (χ1) is 10.6. The molecule has 1 fully saturated rings. The van der Waals surface area contributed by atoms with Crippen molar-refractivity contribution in [3.05, 3.63) is 35.6 Å². The van der Waals surface area contributed by atoms with Crippen LogP contribution in [0.5, 0.6) is 0 Å². The van der Waals surface area contributed by atoms with E-state index in [0.717, 1.165) is 25.9 Å². The molecule has 1 aromatic carbocycles. The Balaban J connectivity index is 1.71. The van der Waals surface area contributed by atoms with Crippen molar-refractivity contribution in [3.63, 3.8) is 0 Å². The van der Waals surface area contributed by atoms with Gasteiger partial charge in [-0.05, 0) is 25.8 Å². The fourth-order valence-electron chi connectivity index (χ4n) is 2.40. The van der Waals surface area contributed by atoms with Crippen LogP contribution in [0.2, 0.25) is 0 Å². The lowest BCUT2D eigenvalue weighted by Crippen LogP contribution is -2.39.